The number of hydrogen-bond acceptors (Lipinski definition) is 0. The predicted octanol–water partition coefficient (Wildman–Crippen LogP) is 5.10. The zero-order valence-electron chi connectivity index (χ0n) is 14.3. The summed E-state index contributed by atoms with van der Waals surface area (Å²) in [7, 11) is 0. The highest BCUT2D eigenvalue weighted by Gasteiger charge is 2.19. The van der Waals surface area contributed by atoms with Gasteiger partial charge >= 0.3 is 5.29 Å². The van der Waals surface area contributed by atoms with E-state index < -0.39 is 0 Å². The monoisotopic (exact) mass is 303 g/mol. The van der Waals surface area contributed by atoms with Crippen molar-refractivity contribution in [1.29, 1.82) is 0 Å². The van der Waals surface area contributed by atoms with Gasteiger partial charge in [0.25, 0.3) is 0 Å². The van der Waals surface area contributed by atoms with Crippen LogP contribution in [0.5, 0.6) is 0 Å². The summed E-state index contributed by atoms with van der Waals surface area (Å²) in [5.41, 5.74) is 0. The quantitative estimate of drug-likeness (QED) is 0.210. The summed E-state index contributed by atoms with van der Waals surface area (Å²) in [4.78, 5) is 2.40. The van der Waals surface area contributed by atoms with E-state index in [1.807, 2.05) is 0 Å². The SMILES string of the molecule is CCCCN(CCCC)C(Cl)=[N+](CCCC)CCCC. The fourth-order valence-electron chi connectivity index (χ4n) is 2.19. The van der Waals surface area contributed by atoms with Gasteiger partial charge in [-0.2, -0.15) is 0 Å². The van der Waals surface area contributed by atoms with Crippen LogP contribution in [0.2, 0.25) is 0 Å². The van der Waals surface area contributed by atoms with E-state index in [1.165, 1.54) is 51.4 Å². The Labute approximate surface area is 132 Å². The average Bonchev–Trinajstić information content (AvgIpc) is 2.47. The van der Waals surface area contributed by atoms with Gasteiger partial charge in [-0.1, -0.05) is 53.4 Å². The molecule has 120 valence electrons. The Morgan fingerprint density at radius 3 is 1.50 bits per heavy atom. The minimum Gasteiger partial charge on any atom is -0.251 e. The first-order valence-corrected chi connectivity index (χ1v) is 9.11. The Hall–Kier alpha value is -0.240. The van der Waals surface area contributed by atoms with E-state index in [1.54, 1.807) is 0 Å². The summed E-state index contributed by atoms with van der Waals surface area (Å²) in [6.45, 7) is 13.4. The second kappa shape index (κ2) is 13.7. The summed E-state index contributed by atoms with van der Waals surface area (Å²) in [5.74, 6) is 0. The molecule has 0 radical (unpaired) electrons. The molecule has 20 heavy (non-hydrogen) atoms. The van der Waals surface area contributed by atoms with Crippen molar-refractivity contribution in [2.45, 2.75) is 79.1 Å². The van der Waals surface area contributed by atoms with Crippen molar-refractivity contribution < 1.29 is 4.58 Å². The van der Waals surface area contributed by atoms with Crippen LogP contribution in [0.15, 0.2) is 0 Å². The molecule has 0 aliphatic heterocycles. The predicted molar refractivity (Wildman–Crippen MR) is 92.1 cm³/mol. The maximum absolute atomic E-state index is 6.72. The molecule has 0 aromatic heterocycles. The van der Waals surface area contributed by atoms with Crippen molar-refractivity contribution in [3.05, 3.63) is 0 Å². The topological polar surface area (TPSA) is 6.25 Å². The van der Waals surface area contributed by atoms with Crippen molar-refractivity contribution in [3.63, 3.8) is 0 Å². The third kappa shape index (κ3) is 8.84. The molecule has 0 aromatic carbocycles. The van der Waals surface area contributed by atoms with Crippen LogP contribution in [-0.4, -0.2) is 40.9 Å². The van der Waals surface area contributed by atoms with Gasteiger partial charge in [0.05, 0.1) is 26.2 Å². The summed E-state index contributed by atoms with van der Waals surface area (Å²) in [6, 6.07) is 0. The molecular weight excluding hydrogens is 268 g/mol. The molecular formula is C17H36ClN2+. The lowest BCUT2D eigenvalue weighted by molar-refractivity contribution is -0.531. The zero-order valence-corrected chi connectivity index (χ0v) is 15.0. The Morgan fingerprint density at radius 2 is 1.15 bits per heavy atom. The third-order valence-electron chi connectivity index (χ3n) is 3.65. The van der Waals surface area contributed by atoms with Crippen LogP contribution in [0, 0.1) is 0 Å². The molecule has 0 saturated carbocycles. The first kappa shape index (κ1) is 19.8. The zero-order chi connectivity index (χ0) is 15.2. The number of unbranched alkanes of at least 4 members (excludes halogenated alkanes) is 4. The Bertz CT molecular complexity index is 233. The van der Waals surface area contributed by atoms with Crippen molar-refractivity contribution in [3.8, 4) is 0 Å². The molecule has 0 rings (SSSR count). The molecule has 0 amide bonds. The van der Waals surface area contributed by atoms with E-state index in [-0.39, 0.29) is 0 Å². The van der Waals surface area contributed by atoms with Crippen LogP contribution in [0.4, 0.5) is 0 Å². The smallest absolute Gasteiger partial charge is 0.251 e. The standard InChI is InChI=1S/C17H36ClN2/c1-5-9-13-19(14-10-6-2)17(18)20(15-11-7-3)16-12-8-4/h5-16H2,1-4H3/q+1. The fraction of sp³-hybridized carbons (Fsp3) is 0.941. The Morgan fingerprint density at radius 1 is 0.750 bits per heavy atom. The van der Waals surface area contributed by atoms with E-state index in [0.29, 0.717) is 0 Å². The lowest BCUT2D eigenvalue weighted by Crippen LogP contribution is -2.37. The minimum absolute atomic E-state index is 0.994. The molecule has 0 aliphatic carbocycles. The van der Waals surface area contributed by atoms with Gasteiger partial charge in [0.1, 0.15) is 0 Å². The molecule has 3 heteroatoms. The summed E-state index contributed by atoms with van der Waals surface area (Å²) >= 11 is 6.72. The first-order valence-electron chi connectivity index (χ1n) is 8.73. The van der Waals surface area contributed by atoms with Gasteiger partial charge in [0.2, 0.25) is 0 Å². The fourth-order valence-corrected chi connectivity index (χ4v) is 2.53. The van der Waals surface area contributed by atoms with Crippen molar-refractivity contribution in [1.82, 2.24) is 4.90 Å². The molecule has 0 saturated heterocycles. The highest BCUT2D eigenvalue weighted by molar-refractivity contribution is 6.63. The van der Waals surface area contributed by atoms with Gasteiger partial charge in [-0.25, -0.2) is 0 Å². The van der Waals surface area contributed by atoms with Gasteiger partial charge in [-0.3, -0.25) is 9.48 Å². The van der Waals surface area contributed by atoms with E-state index in [0.717, 1.165) is 31.5 Å². The first-order chi connectivity index (χ1) is 9.71. The molecule has 0 heterocycles. The molecule has 0 aromatic rings. The lowest BCUT2D eigenvalue weighted by atomic mass is 10.2. The summed E-state index contributed by atoms with van der Waals surface area (Å²) < 4.78 is 2.40. The Kier molecular flexibility index (Phi) is 13.6. The van der Waals surface area contributed by atoms with Gasteiger partial charge < -0.3 is 0 Å². The third-order valence-corrected chi connectivity index (χ3v) is 4.13. The van der Waals surface area contributed by atoms with Crippen LogP contribution in [0.3, 0.4) is 0 Å². The highest BCUT2D eigenvalue weighted by Crippen LogP contribution is 2.06. The number of halogens is 1. The van der Waals surface area contributed by atoms with Gasteiger partial charge in [-0.15, -0.1) is 0 Å². The average molecular weight is 304 g/mol. The van der Waals surface area contributed by atoms with Gasteiger partial charge in [0, 0.05) is 11.6 Å². The normalized spacial score (nSPS) is 10.7. The van der Waals surface area contributed by atoms with Gasteiger partial charge in [-0.05, 0) is 25.7 Å². The molecule has 0 atom stereocenters. The van der Waals surface area contributed by atoms with Crippen LogP contribution in [0.25, 0.3) is 0 Å². The maximum Gasteiger partial charge on any atom is 0.345 e. The largest absolute Gasteiger partial charge is 0.345 e. The highest BCUT2D eigenvalue weighted by atomic mass is 35.5. The molecule has 0 aliphatic rings. The maximum atomic E-state index is 6.72. The minimum atomic E-state index is 0.994. The molecule has 0 unspecified atom stereocenters. The number of nitrogens with zero attached hydrogens (tertiary/aromatic N) is 2. The number of hydrogen-bond donors (Lipinski definition) is 0. The van der Waals surface area contributed by atoms with Gasteiger partial charge in [0.15, 0.2) is 0 Å². The summed E-state index contributed by atoms with van der Waals surface area (Å²) in [5, 5.41) is 0.994. The van der Waals surface area contributed by atoms with Crippen LogP contribution >= 0.6 is 11.6 Å². The lowest BCUT2D eigenvalue weighted by Gasteiger charge is -2.19. The van der Waals surface area contributed by atoms with E-state index >= 15 is 0 Å². The van der Waals surface area contributed by atoms with E-state index in [2.05, 4.69) is 37.2 Å². The summed E-state index contributed by atoms with van der Waals surface area (Å²) in [6.07, 6.45) is 9.86. The number of rotatable bonds is 12. The van der Waals surface area contributed by atoms with Crippen molar-refractivity contribution >= 4 is 16.9 Å². The van der Waals surface area contributed by atoms with E-state index in [9.17, 15) is 0 Å². The van der Waals surface area contributed by atoms with Crippen LogP contribution in [-0.2, 0) is 0 Å². The molecule has 0 fully saturated rings. The molecule has 0 spiro atoms. The Balaban J connectivity index is 4.80. The molecule has 2 nitrogen and oxygen atoms in total. The van der Waals surface area contributed by atoms with Crippen molar-refractivity contribution in [2.75, 3.05) is 26.2 Å². The molecule has 0 bridgehead atoms. The van der Waals surface area contributed by atoms with Crippen molar-refractivity contribution in [2.24, 2.45) is 0 Å². The second-order valence-electron chi connectivity index (χ2n) is 5.66. The number of amidine groups is 1. The second-order valence-corrected chi connectivity index (χ2v) is 6.00. The van der Waals surface area contributed by atoms with E-state index in [4.69, 9.17) is 11.6 Å². The molecule has 0 N–H and O–H groups in total. The van der Waals surface area contributed by atoms with Crippen LogP contribution in [0.1, 0.15) is 79.1 Å². The van der Waals surface area contributed by atoms with Crippen LogP contribution < -0.4 is 0 Å².